The summed E-state index contributed by atoms with van der Waals surface area (Å²) in [5.74, 6) is 0.381. The molecule has 0 bridgehead atoms. The Bertz CT molecular complexity index is 643. The lowest BCUT2D eigenvalue weighted by atomic mass is 10.0. The number of carbonyl (C=O) groups is 1. The van der Waals surface area contributed by atoms with Crippen LogP contribution in [0.5, 0.6) is 0 Å². The molecule has 3 nitrogen and oxygen atoms in total. The molecule has 4 heteroatoms. The van der Waals surface area contributed by atoms with Crippen molar-refractivity contribution in [2.24, 2.45) is 0 Å². The van der Waals surface area contributed by atoms with Gasteiger partial charge in [-0.2, -0.15) is 0 Å². The van der Waals surface area contributed by atoms with Gasteiger partial charge in [-0.05, 0) is 31.0 Å². The van der Waals surface area contributed by atoms with Crippen molar-refractivity contribution in [3.63, 3.8) is 0 Å². The van der Waals surface area contributed by atoms with Gasteiger partial charge in [0.25, 0.3) is 0 Å². The van der Waals surface area contributed by atoms with Crippen LogP contribution in [0.3, 0.4) is 0 Å². The molecule has 0 aliphatic heterocycles. The van der Waals surface area contributed by atoms with E-state index in [9.17, 15) is 9.18 Å². The van der Waals surface area contributed by atoms with Crippen molar-refractivity contribution in [1.82, 2.24) is 4.98 Å². The number of unbranched alkanes of at least 4 members (excludes halogenated alkanes) is 1. The average molecular weight is 275 g/mol. The first kappa shape index (κ1) is 14.4. The number of hydrogen-bond donors (Lipinski definition) is 0. The number of oxazole rings is 1. The van der Waals surface area contributed by atoms with Crippen molar-refractivity contribution in [1.29, 1.82) is 0 Å². The first-order valence-electron chi connectivity index (χ1n) is 6.93. The lowest BCUT2D eigenvalue weighted by Crippen LogP contribution is -2.01. The van der Waals surface area contributed by atoms with Crippen molar-refractivity contribution in [2.75, 3.05) is 0 Å². The van der Waals surface area contributed by atoms with Gasteiger partial charge < -0.3 is 4.42 Å². The summed E-state index contributed by atoms with van der Waals surface area (Å²) in [5.41, 5.74) is 1.91. The van der Waals surface area contributed by atoms with Crippen molar-refractivity contribution in [2.45, 2.75) is 39.5 Å². The van der Waals surface area contributed by atoms with Gasteiger partial charge in [0.1, 0.15) is 5.52 Å². The fourth-order valence-electron chi connectivity index (χ4n) is 2.02. The average Bonchev–Trinajstić information content (AvgIpc) is 2.87. The molecule has 1 aromatic heterocycles. The summed E-state index contributed by atoms with van der Waals surface area (Å²) < 4.78 is 18.3. The fourth-order valence-corrected chi connectivity index (χ4v) is 2.02. The van der Waals surface area contributed by atoms with Crippen LogP contribution in [0.2, 0.25) is 0 Å². The Hall–Kier alpha value is -1.97. The molecule has 0 aliphatic rings. The molecule has 0 spiro atoms. The first-order valence-corrected chi connectivity index (χ1v) is 6.93. The molecule has 0 aliphatic carbocycles. The van der Waals surface area contributed by atoms with Gasteiger partial charge in [0, 0.05) is 17.6 Å². The zero-order valence-electron chi connectivity index (χ0n) is 11.8. The van der Waals surface area contributed by atoms with Crippen LogP contribution in [-0.4, -0.2) is 10.8 Å². The fraction of sp³-hybridized carbons (Fsp3) is 0.375. The van der Waals surface area contributed by atoms with E-state index in [1.165, 1.54) is 0 Å². The van der Waals surface area contributed by atoms with Crippen LogP contribution < -0.4 is 0 Å². The van der Waals surface area contributed by atoms with Gasteiger partial charge in [0.15, 0.2) is 17.3 Å². The van der Waals surface area contributed by atoms with Gasteiger partial charge >= 0.3 is 0 Å². The maximum atomic E-state index is 12.6. The third kappa shape index (κ3) is 2.95. The molecule has 0 amide bonds. The Labute approximate surface area is 117 Å². The highest BCUT2D eigenvalue weighted by Gasteiger charge is 2.13. The zero-order valence-corrected chi connectivity index (χ0v) is 11.8. The second-order valence-corrected chi connectivity index (χ2v) is 4.71. The third-order valence-electron chi connectivity index (χ3n) is 3.24. The maximum Gasteiger partial charge on any atom is 0.195 e. The summed E-state index contributed by atoms with van der Waals surface area (Å²) >= 11 is 0. The number of fused-ring (bicyclic) bond motifs is 1. The molecule has 0 N–H and O–H groups in total. The molecule has 2 rings (SSSR count). The molecular weight excluding hydrogens is 257 g/mol. The summed E-state index contributed by atoms with van der Waals surface area (Å²) in [5, 5.41) is 0. The van der Waals surface area contributed by atoms with Crippen molar-refractivity contribution in [3.05, 3.63) is 41.6 Å². The van der Waals surface area contributed by atoms with E-state index < -0.39 is 0 Å². The van der Waals surface area contributed by atoms with Gasteiger partial charge in [-0.3, -0.25) is 4.79 Å². The first-order chi connectivity index (χ1) is 9.69. The minimum Gasteiger partial charge on any atom is -0.441 e. The minimum atomic E-state index is -0.302. The SMILES string of the molecule is CCCCc1nc2ccc(C(=O)/C(=C/F)CC)cc2o1. The molecule has 2 aromatic rings. The van der Waals surface area contributed by atoms with E-state index in [-0.39, 0.29) is 11.4 Å². The van der Waals surface area contributed by atoms with Crippen LogP contribution in [-0.2, 0) is 6.42 Å². The third-order valence-corrected chi connectivity index (χ3v) is 3.24. The van der Waals surface area contributed by atoms with Crippen LogP contribution in [0.1, 0.15) is 49.4 Å². The summed E-state index contributed by atoms with van der Waals surface area (Å²) in [4.78, 5) is 16.4. The second-order valence-electron chi connectivity index (χ2n) is 4.71. The predicted octanol–water partition coefficient (Wildman–Crippen LogP) is 4.62. The Kier molecular flexibility index (Phi) is 4.66. The Morgan fingerprint density at radius 1 is 1.40 bits per heavy atom. The minimum absolute atomic E-state index is 0.162. The number of nitrogens with zero attached hydrogens (tertiary/aromatic N) is 1. The van der Waals surface area contributed by atoms with E-state index in [0.717, 1.165) is 24.8 Å². The molecule has 0 fully saturated rings. The standard InChI is InChI=1S/C16H18FNO2/c1-3-5-6-15-18-13-8-7-12(9-14(13)20-15)16(19)11(4-2)10-17/h7-10H,3-6H2,1-2H3/b11-10+. The number of carbonyl (C=O) groups excluding carboxylic acids is 1. The molecule has 0 saturated heterocycles. The molecule has 0 unspecified atom stereocenters. The monoisotopic (exact) mass is 275 g/mol. The van der Waals surface area contributed by atoms with E-state index in [2.05, 4.69) is 11.9 Å². The molecular formula is C16H18FNO2. The van der Waals surface area contributed by atoms with Gasteiger partial charge in [0.2, 0.25) is 0 Å². The number of ketones is 1. The molecule has 0 atom stereocenters. The van der Waals surface area contributed by atoms with Gasteiger partial charge in [-0.25, -0.2) is 9.37 Å². The highest BCUT2D eigenvalue weighted by atomic mass is 19.1. The maximum absolute atomic E-state index is 12.6. The van der Waals surface area contributed by atoms with Crippen LogP contribution in [0.15, 0.2) is 34.5 Å². The van der Waals surface area contributed by atoms with E-state index in [1.807, 2.05) is 0 Å². The second kappa shape index (κ2) is 6.46. The topological polar surface area (TPSA) is 43.1 Å². The molecule has 0 saturated carbocycles. The quantitative estimate of drug-likeness (QED) is 0.571. The van der Waals surface area contributed by atoms with Crippen LogP contribution >= 0.6 is 0 Å². The number of aromatic nitrogens is 1. The number of hydrogen-bond acceptors (Lipinski definition) is 3. The molecule has 20 heavy (non-hydrogen) atoms. The number of allylic oxidation sites excluding steroid dienone is 1. The summed E-state index contributed by atoms with van der Waals surface area (Å²) in [6.45, 7) is 3.86. The zero-order chi connectivity index (χ0) is 14.5. The highest BCUT2D eigenvalue weighted by Crippen LogP contribution is 2.21. The molecule has 1 heterocycles. The Morgan fingerprint density at radius 3 is 2.85 bits per heavy atom. The molecule has 1 aromatic carbocycles. The number of halogens is 1. The van der Waals surface area contributed by atoms with E-state index >= 15 is 0 Å². The predicted molar refractivity (Wildman–Crippen MR) is 76.4 cm³/mol. The van der Waals surface area contributed by atoms with Gasteiger partial charge in [0.05, 0.1) is 6.33 Å². The Morgan fingerprint density at radius 2 is 2.20 bits per heavy atom. The van der Waals surface area contributed by atoms with Gasteiger partial charge in [-0.15, -0.1) is 0 Å². The summed E-state index contributed by atoms with van der Waals surface area (Å²) in [7, 11) is 0. The molecule has 106 valence electrons. The lowest BCUT2D eigenvalue weighted by molar-refractivity contribution is 0.103. The van der Waals surface area contributed by atoms with Crippen LogP contribution in [0.25, 0.3) is 11.1 Å². The van der Waals surface area contributed by atoms with E-state index in [1.54, 1.807) is 25.1 Å². The normalized spacial score (nSPS) is 12.1. The van der Waals surface area contributed by atoms with Crippen molar-refractivity contribution in [3.8, 4) is 0 Å². The van der Waals surface area contributed by atoms with E-state index in [0.29, 0.717) is 29.8 Å². The largest absolute Gasteiger partial charge is 0.441 e. The smallest absolute Gasteiger partial charge is 0.195 e. The van der Waals surface area contributed by atoms with Crippen molar-refractivity contribution < 1.29 is 13.6 Å². The highest BCUT2D eigenvalue weighted by molar-refractivity contribution is 6.09. The van der Waals surface area contributed by atoms with Crippen LogP contribution in [0, 0.1) is 0 Å². The summed E-state index contributed by atoms with van der Waals surface area (Å²) in [6, 6.07) is 5.04. The Balaban J connectivity index is 2.31. The van der Waals surface area contributed by atoms with E-state index in [4.69, 9.17) is 4.42 Å². The lowest BCUT2D eigenvalue weighted by Gasteiger charge is -2.01. The molecule has 0 radical (unpaired) electrons. The van der Waals surface area contributed by atoms with Gasteiger partial charge in [-0.1, -0.05) is 20.3 Å². The number of Topliss-reactive ketones (excluding diaryl/α,β-unsaturated/α-hetero) is 1. The van der Waals surface area contributed by atoms with Crippen molar-refractivity contribution >= 4 is 16.9 Å². The number of rotatable bonds is 6. The number of aryl methyl sites for hydroxylation is 1. The van der Waals surface area contributed by atoms with Crippen LogP contribution in [0.4, 0.5) is 4.39 Å². The summed E-state index contributed by atoms with van der Waals surface area (Å²) in [6.07, 6.45) is 3.62. The number of benzene rings is 1.